The quantitative estimate of drug-likeness (QED) is 0.310. The van der Waals surface area contributed by atoms with Gasteiger partial charge in [0, 0.05) is 6.54 Å². The molecule has 1 heterocycles. The molecule has 13 heavy (non-hydrogen) atoms. The zero-order valence-corrected chi connectivity index (χ0v) is 7.79. The second-order valence-corrected chi connectivity index (χ2v) is 3.16. The zero-order valence-electron chi connectivity index (χ0n) is 7.79. The number of hydrazine groups is 1. The molecule has 74 valence electrons. The molecule has 0 saturated heterocycles. The largest absolute Gasteiger partial charge is 0.374 e. The summed E-state index contributed by atoms with van der Waals surface area (Å²) < 4.78 is 0. The van der Waals surface area contributed by atoms with E-state index in [1.54, 1.807) is 6.34 Å². The fourth-order valence-electron chi connectivity index (χ4n) is 1.54. The highest BCUT2D eigenvalue weighted by molar-refractivity contribution is 5.79. The van der Waals surface area contributed by atoms with Gasteiger partial charge in [0.2, 0.25) is 5.91 Å². The van der Waals surface area contributed by atoms with Crippen LogP contribution in [0.1, 0.15) is 19.8 Å². The van der Waals surface area contributed by atoms with Gasteiger partial charge in [-0.2, -0.15) is 0 Å². The summed E-state index contributed by atoms with van der Waals surface area (Å²) in [6.07, 6.45) is 3.44. The molecule has 5 nitrogen and oxygen atoms in total. The number of carbonyl (C=O) groups excluding carboxylic acids is 1. The third kappa shape index (κ3) is 2.42. The molecule has 0 spiro atoms. The number of rotatable bonds is 4. The highest BCUT2D eigenvalue weighted by atomic mass is 16.2. The van der Waals surface area contributed by atoms with Crippen LogP contribution in [0.15, 0.2) is 4.99 Å². The standard InChI is InChI=1S/C8H16N4O/c1-2-3-6(8(13)12-9)7-4-10-5-11-7/h5-7H,2-4,9H2,1H3,(H,10,11)(H,12,13). The van der Waals surface area contributed by atoms with Gasteiger partial charge < -0.3 is 5.32 Å². The maximum Gasteiger partial charge on any atom is 0.239 e. The molecular formula is C8H16N4O. The monoisotopic (exact) mass is 184 g/mol. The minimum atomic E-state index is -0.118. The summed E-state index contributed by atoms with van der Waals surface area (Å²) >= 11 is 0. The molecule has 2 unspecified atom stereocenters. The van der Waals surface area contributed by atoms with Gasteiger partial charge in [-0.25, -0.2) is 5.84 Å². The van der Waals surface area contributed by atoms with Crippen molar-refractivity contribution in [2.24, 2.45) is 16.8 Å². The second-order valence-electron chi connectivity index (χ2n) is 3.16. The molecule has 1 rings (SSSR count). The number of carbonyl (C=O) groups is 1. The van der Waals surface area contributed by atoms with E-state index in [1.165, 1.54) is 0 Å². The SMILES string of the molecule is CCCC(C(=O)NN)C1CNC=N1. The Hall–Kier alpha value is -1.10. The molecule has 0 aliphatic carbocycles. The number of aliphatic imine (C=N–C) groups is 1. The molecule has 1 aliphatic rings. The number of nitrogens with two attached hydrogens (primary N) is 1. The van der Waals surface area contributed by atoms with Crippen LogP contribution in [0.25, 0.3) is 0 Å². The van der Waals surface area contributed by atoms with Gasteiger partial charge in [0.1, 0.15) is 0 Å². The Labute approximate surface area is 77.8 Å². The first-order valence-electron chi connectivity index (χ1n) is 4.55. The first-order chi connectivity index (χ1) is 6.29. The summed E-state index contributed by atoms with van der Waals surface area (Å²) in [5.74, 6) is 4.89. The Balaban J connectivity index is 2.55. The second kappa shape index (κ2) is 4.81. The summed E-state index contributed by atoms with van der Waals surface area (Å²) in [7, 11) is 0. The zero-order chi connectivity index (χ0) is 9.68. The lowest BCUT2D eigenvalue weighted by Gasteiger charge is -2.18. The predicted octanol–water partition coefficient (Wildman–Crippen LogP) is -0.607. The first kappa shape index (κ1) is 9.98. The molecule has 0 fully saturated rings. The Morgan fingerprint density at radius 3 is 3.15 bits per heavy atom. The van der Waals surface area contributed by atoms with Crippen molar-refractivity contribution in [2.75, 3.05) is 6.54 Å². The van der Waals surface area contributed by atoms with Crippen molar-refractivity contribution >= 4 is 12.2 Å². The summed E-state index contributed by atoms with van der Waals surface area (Å²) in [6.45, 7) is 2.78. The number of hydrogen-bond acceptors (Lipinski definition) is 4. The van der Waals surface area contributed by atoms with Gasteiger partial charge in [-0.05, 0) is 6.42 Å². The molecule has 0 aromatic rings. The van der Waals surface area contributed by atoms with Gasteiger partial charge in [0.15, 0.2) is 0 Å². The van der Waals surface area contributed by atoms with Crippen molar-refractivity contribution in [1.82, 2.24) is 10.7 Å². The normalized spacial score (nSPS) is 22.5. The van der Waals surface area contributed by atoms with Gasteiger partial charge in [-0.15, -0.1) is 0 Å². The minimum absolute atomic E-state index is 0.0449. The van der Waals surface area contributed by atoms with Crippen LogP contribution in [-0.2, 0) is 4.79 Å². The van der Waals surface area contributed by atoms with E-state index in [1.807, 2.05) is 6.92 Å². The van der Waals surface area contributed by atoms with Gasteiger partial charge in [0.25, 0.3) is 0 Å². The van der Waals surface area contributed by atoms with Crippen molar-refractivity contribution in [3.8, 4) is 0 Å². The van der Waals surface area contributed by atoms with E-state index in [2.05, 4.69) is 15.7 Å². The maximum atomic E-state index is 11.4. The Morgan fingerprint density at radius 2 is 2.69 bits per heavy atom. The van der Waals surface area contributed by atoms with Crippen LogP contribution in [0, 0.1) is 5.92 Å². The maximum absolute atomic E-state index is 11.4. The van der Waals surface area contributed by atoms with Gasteiger partial charge in [-0.1, -0.05) is 13.3 Å². The molecular weight excluding hydrogens is 168 g/mol. The molecule has 0 radical (unpaired) electrons. The van der Waals surface area contributed by atoms with E-state index in [-0.39, 0.29) is 17.9 Å². The van der Waals surface area contributed by atoms with E-state index in [0.717, 1.165) is 19.4 Å². The summed E-state index contributed by atoms with van der Waals surface area (Å²) in [6, 6.07) is 0.0449. The predicted molar refractivity (Wildman–Crippen MR) is 51.0 cm³/mol. The molecule has 4 N–H and O–H groups in total. The van der Waals surface area contributed by atoms with Gasteiger partial charge in [0.05, 0.1) is 18.3 Å². The van der Waals surface area contributed by atoms with Crippen LogP contribution in [-0.4, -0.2) is 24.8 Å². The van der Waals surface area contributed by atoms with Crippen LogP contribution >= 0.6 is 0 Å². The van der Waals surface area contributed by atoms with Crippen molar-refractivity contribution in [3.05, 3.63) is 0 Å². The van der Waals surface area contributed by atoms with Crippen molar-refractivity contribution in [3.63, 3.8) is 0 Å². The number of hydrogen-bond donors (Lipinski definition) is 3. The minimum Gasteiger partial charge on any atom is -0.374 e. The molecule has 0 saturated carbocycles. The molecule has 0 aromatic carbocycles. The van der Waals surface area contributed by atoms with E-state index in [4.69, 9.17) is 5.84 Å². The fraction of sp³-hybridized carbons (Fsp3) is 0.750. The molecule has 5 heteroatoms. The van der Waals surface area contributed by atoms with E-state index in [0.29, 0.717) is 0 Å². The lowest BCUT2D eigenvalue weighted by Crippen LogP contribution is -2.41. The first-order valence-corrected chi connectivity index (χ1v) is 4.55. The van der Waals surface area contributed by atoms with Crippen molar-refractivity contribution < 1.29 is 4.79 Å². The summed E-state index contributed by atoms with van der Waals surface area (Å²) in [4.78, 5) is 15.5. The lowest BCUT2D eigenvalue weighted by atomic mass is 9.95. The van der Waals surface area contributed by atoms with Crippen molar-refractivity contribution in [2.45, 2.75) is 25.8 Å². The number of amides is 1. The molecule has 0 bridgehead atoms. The van der Waals surface area contributed by atoms with Gasteiger partial charge in [-0.3, -0.25) is 15.2 Å². The fourth-order valence-corrected chi connectivity index (χ4v) is 1.54. The van der Waals surface area contributed by atoms with Crippen LogP contribution in [0.3, 0.4) is 0 Å². The molecule has 0 aromatic heterocycles. The summed E-state index contributed by atoms with van der Waals surface area (Å²) in [5, 5.41) is 2.98. The lowest BCUT2D eigenvalue weighted by molar-refractivity contribution is -0.125. The highest BCUT2D eigenvalue weighted by Gasteiger charge is 2.27. The van der Waals surface area contributed by atoms with Crippen molar-refractivity contribution in [1.29, 1.82) is 0 Å². The van der Waals surface area contributed by atoms with Crippen LogP contribution in [0.2, 0.25) is 0 Å². The Kier molecular flexibility index (Phi) is 3.70. The smallest absolute Gasteiger partial charge is 0.239 e. The van der Waals surface area contributed by atoms with Gasteiger partial charge >= 0.3 is 0 Å². The van der Waals surface area contributed by atoms with E-state index < -0.39 is 0 Å². The third-order valence-corrected chi connectivity index (χ3v) is 2.23. The molecule has 1 aliphatic heterocycles. The van der Waals surface area contributed by atoms with E-state index >= 15 is 0 Å². The Bertz CT molecular complexity index is 204. The average molecular weight is 184 g/mol. The molecule has 1 amide bonds. The van der Waals surface area contributed by atoms with Crippen LogP contribution < -0.4 is 16.6 Å². The third-order valence-electron chi connectivity index (χ3n) is 2.23. The Morgan fingerprint density at radius 1 is 1.92 bits per heavy atom. The number of nitrogens with zero attached hydrogens (tertiary/aromatic N) is 1. The molecule has 2 atom stereocenters. The highest BCUT2D eigenvalue weighted by Crippen LogP contribution is 2.15. The summed E-state index contributed by atoms with van der Waals surface area (Å²) in [5.41, 5.74) is 2.19. The van der Waals surface area contributed by atoms with Crippen LogP contribution in [0.5, 0.6) is 0 Å². The topological polar surface area (TPSA) is 79.5 Å². The van der Waals surface area contributed by atoms with E-state index in [9.17, 15) is 4.79 Å². The average Bonchev–Trinajstić information content (AvgIpc) is 2.65. The van der Waals surface area contributed by atoms with Crippen LogP contribution in [0.4, 0.5) is 0 Å². The number of nitrogens with one attached hydrogen (secondary N) is 2.